The van der Waals surface area contributed by atoms with E-state index in [0.29, 0.717) is 36.1 Å². The number of nitrogens with zero attached hydrogens (tertiary/aromatic N) is 4. The molecule has 0 aliphatic carbocycles. The summed E-state index contributed by atoms with van der Waals surface area (Å²) in [6.07, 6.45) is -2.14. The summed E-state index contributed by atoms with van der Waals surface area (Å²) in [7, 11) is 1.06. The molecule has 28 heavy (non-hydrogen) atoms. The molecule has 1 aromatic carbocycles. The smallest absolute Gasteiger partial charge is 0.339 e. The first-order valence-corrected chi connectivity index (χ1v) is 8.94. The van der Waals surface area contributed by atoms with Gasteiger partial charge in [-0.25, -0.2) is 9.48 Å². The summed E-state index contributed by atoms with van der Waals surface area (Å²) >= 11 is 0. The van der Waals surface area contributed by atoms with Crippen LogP contribution in [0.15, 0.2) is 40.7 Å². The summed E-state index contributed by atoms with van der Waals surface area (Å²) in [5, 5.41) is 3.49. The zero-order chi connectivity index (χ0) is 20.5. The van der Waals surface area contributed by atoms with Crippen molar-refractivity contribution in [2.75, 3.05) is 13.1 Å². The van der Waals surface area contributed by atoms with E-state index in [1.165, 1.54) is 0 Å². The van der Waals surface area contributed by atoms with Crippen molar-refractivity contribution in [1.29, 1.82) is 0 Å². The lowest BCUT2D eigenvalue weighted by Gasteiger charge is -2.31. The normalized spacial score (nSPS) is 16.5. The Morgan fingerprint density at radius 1 is 1.18 bits per heavy atom. The first-order valence-electron chi connectivity index (χ1n) is 8.94. The number of carbonyl (C=O) groups excluding carboxylic acids is 1. The topological polar surface area (TPSA) is 60.1 Å². The molecule has 0 spiro atoms. The Balaban J connectivity index is 1.69. The minimum atomic E-state index is -4.69. The van der Waals surface area contributed by atoms with Crippen LogP contribution in [-0.2, 0) is 18.0 Å². The van der Waals surface area contributed by atoms with Crippen LogP contribution in [0.5, 0.6) is 0 Å². The Morgan fingerprint density at radius 2 is 1.79 bits per heavy atom. The molecule has 9 heteroatoms. The molecular formula is C19H21F3N4O2. The van der Waals surface area contributed by atoms with Crippen LogP contribution in [0.25, 0.3) is 6.08 Å². The van der Waals surface area contributed by atoms with Crippen molar-refractivity contribution in [1.82, 2.24) is 19.2 Å². The Morgan fingerprint density at radius 3 is 2.32 bits per heavy atom. The third-order valence-corrected chi connectivity index (χ3v) is 4.87. The lowest BCUT2D eigenvalue weighted by atomic mass is 10.0. The van der Waals surface area contributed by atoms with Gasteiger partial charge < -0.3 is 4.90 Å². The van der Waals surface area contributed by atoms with E-state index >= 15 is 0 Å². The summed E-state index contributed by atoms with van der Waals surface area (Å²) in [5.41, 5.74) is 0.708. The molecule has 2 aromatic rings. The van der Waals surface area contributed by atoms with Crippen molar-refractivity contribution < 1.29 is 18.0 Å². The van der Waals surface area contributed by atoms with E-state index in [1.807, 2.05) is 30.3 Å². The molecule has 2 heterocycles. The number of benzene rings is 1. The summed E-state index contributed by atoms with van der Waals surface area (Å²) in [6.45, 7) is 2.45. The number of hydrogen-bond donors (Lipinski definition) is 0. The van der Waals surface area contributed by atoms with Crippen molar-refractivity contribution >= 4 is 12.0 Å². The van der Waals surface area contributed by atoms with Crippen LogP contribution >= 0.6 is 0 Å². The van der Waals surface area contributed by atoms with Crippen molar-refractivity contribution in [2.24, 2.45) is 7.05 Å². The van der Waals surface area contributed by atoms with E-state index in [2.05, 4.69) is 5.10 Å². The summed E-state index contributed by atoms with van der Waals surface area (Å²) in [6, 6.07) is 8.99. The highest BCUT2D eigenvalue weighted by Gasteiger charge is 2.39. The number of halogens is 3. The number of aromatic nitrogens is 3. The predicted octanol–water partition coefficient (Wildman–Crippen LogP) is 2.87. The lowest BCUT2D eigenvalue weighted by Crippen LogP contribution is -2.41. The van der Waals surface area contributed by atoms with Gasteiger partial charge in [-0.15, -0.1) is 5.10 Å². The Kier molecular flexibility index (Phi) is 5.44. The van der Waals surface area contributed by atoms with Gasteiger partial charge in [-0.1, -0.05) is 30.3 Å². The first kappa shape index (κ1) is 19.9. The van der Waals surface area contributed by atoms with Crippen LogP contribution in [0.1, 0.15) is 37.2 Å². The molecule has 0 radical (unpaired) electrons. The maximum atomic E-state index is 13.0. The molecular weight excluding hydrogens is 373 g/mol. The number of alkyl halides is 3. The van der Waals surface area contributed by atoms with Gasteiger partial charge in [0.1, 0.15) is 0 Å². The molecule has 3 rings (SSSR count). The molecule has 1 amide bonds. The number of likely N-dealkylation sites (tertiary alicyclic amines) is 1. The van der Waals surface area contributed by atoms with Gasteiger partial charge in [0.15, 0.2) is 0 Å². The third kappa shape index (κ3) is 4.02. The van der Waals surface area contributed by atoms with Crippen LogP contribution in [0.2, 0.25) is 0 Å². The quantitative estimate of drug-likeness (QED) is 0.753. The average molecular weight is 394 g/mol. The zero-order valence-electron chi connectivity index (χ0n) is 15.6. The molecule has 0 unspecified atom stereocenters. The molecule has 1 saturated heterocycles. The highest BCUT2D eigenvalue weighted by atomic mass is 19.4. The average Bonchev–Trinajstić information content (AvgIpc) is 2.97. The molecule has 1 aromatic heterocycles. The van der Waals surface area contributed by atoms with E-state index in [9.17, 15) is 22.8 Å². The second-order valence-corrected chi connectivity index (χ2v) is 6.87. The number of amides is 1. The molecule has 1 aliphatic heterocycles. The molecule has 1 aliphatic rings. The number of carbonyl (C=O) groups is 1. The fourth-order valence-electron chi connectivity index (χ4n) is 3.36. The Hall–Kier alpha value is -2.84. The molecule has 1 fully saturated rings. The summed E-state index contributed by atoms with van der Waals surface area (Å²) in [5.74, 6) is -1.33. The maximum absolute atomic E-state index is 13.0. The van der Waals surface area contributed by atoms with Gasteiger partial charge in [0.25, 0.3) is 0 Å². The second kappa shape index (κ2) is 7.65. The Bertz CT molecular complexity index is 936. The molecule has 0 bridgehead atoms. The van der Waals surface area contributed by atoms with Gasteiger partial charge in [-0.05, 0) is 31.4 Å². The first-order chi connectivity index (χ1) is 13.2. The van der Waals surface area contributed by atoms with E-state index in [1.54, 1.807) is 17.9 Å². The molecule has 0 atom stereocenters. The van der Waals surface area contributed by atoms with Crippen molar-refractivity contribution in [3.63, 3.8) is 0 Å². The number of rotatable bonds is 3. The van der Waals surface area contributed by atoms with Gasteiger partial charge in [-0.2, -0.15) is 13.2 Å². The maximum Gasteiger partial charge on any atom is 0.451 e. The van der Waals surface area contributed by atoms with E-state index in [-0.39, 0.29) is 5.91 Å². The van der Waals surface area contributed by atoms with Gasteiger partial charge in [0, 0.05) is 25.7 Å². The summed E-state index contributed by atoms with van der Waals surface area (Å²) in [4.78, 5) is 26.4. The highest BCUT2D eigenvalue weighted by molar-refractivity contribution is 5.97. The number of piperidine rings is 1. The van der Waals surface area contributed by atoms with Gasteiger partial charge in [0.05, 0.1) is 6.04 Å². The van der Waals surface area contributed by atoms with Crippen LogP contribution in [0.3, 0.4) is 0 Å². The number of hydrogen-bond acceptors (Lipinski definition) is 3. The fourth-order valence-corrected chi connectivity index (χ4v) is 3.36. The standard InChI is InChI=1S/C19H21F3N4O2/c1-13(12-14-6-4-3-5-7-14)16(27)25-10-8-15(9-11-25)26-18(28)24(2)17(23-26)19(20,21)22/h3-7,12,15H,8-11H2,1-2H3. The molecule has 0 N–H and O–H groups in total. The third-order valence-electron chi connectivity index (χ3n) is 4.87. The predicted molar refractivity (Wildman–Crippen MR) is 97.4 cm³/mol. The molecule has 6 nitrogen and oxygen atoms in total. The van der Waals surface area contributed by atoms with E-state index < -0.39 is 23.7 Å². The van der Waals surface area contributed by atoms with Gasteiger partial charge in [0.2, 0.25) is 11.7 Å². The van der Waals surface area contributed by atoms with E-state index in [0.717, 1.165) is 17.3 Å². The monoisotopic (exact) mass is 394 g/mol. The molecule has 150 valence electrons. The molecule has 0 saturated carbocycles. The largest absolute Gasteiger partial charge is 0.451 e. The van der Waals surface area contributed by atoms with Gasteiger partial charge >= 0.3 is 11.9 Å². The minimum Gasteiger partial charge on any atom is -0.339 e. The minimum absolute atomic E-state index is 0.119. The second-order valence-electron chi connectivity index (χ2n) is 6.87. The van der Waals surface area contributed by atoms with Crippen LogP contribution in [0, 0.1) is 0 Å². The van der Waals surface area contributed by atoms with Crippen LogP contribution in [-0.4, -0.2) is 38.2 Å². The van der Waals surface area contributed by atoms with E-state index in [4.69, 9.17) is 0 Å². The van der Waals surface area contributed by atoms with Crippen molar-refractivity contribution in [3.05, 3.63) is 57.8 Å². The Labute approximate surface area is 159 Å². The lowest BCUT2D eigenvalue weighted by molar-refractivity contribution is -0.147. The van der Waals surface area contributed by atoms with Crippen molar-refractivity contribution in [2.45, 2.75) is 32.0 Å². The van der Waals surface area contributed by atoms with Crippen LogP contribution < -0.4 is 5.69 Å². The van der Waals surface area contributed by atoms with Gasteiger partial charge in [-0.3, -0.25) is 9.36 Å². The SMILES string of the molecule is CC(=Cc1ccccc1)C(=O)N1CCC(n2nc(C(F)(F)F)n(C)c2=O)CC1. The fraction of sp³-hybridized carbons (Fsp3) is 0.421. The van der Waals surface area contributed by atoms with Crippen molar-refractivity contribution in [3.8, 4) is 0 Å². The highest BCUT2D eigenvalue weighted by Crippen LogP contribution is 2.28. The summed E-state index contributed by atoms with van der Waals surface area (Å²) < 4.78 is 40.3. The van der Waals surface area contributed by atoms with Crippen LogP contribution in [0.4, 0.5) is 13.2 Å². The zero-order valence-corrected chi connectivity index (χ0v) is 15.6.